The van der Waals surface area contributed by atoms with Gasteiger partial charge in [0, 0.05) is 12.8 Å². The summed E-state index contributed by atoms with van der Waals surface area (Å²) in [6.07, 6.45) is 5.60. The minimum Gasteiger partial charge on any atom is -0.481 e. The zero-order chi connectivity index (χ0) is 12.2. The predicted molar refractivity (Wildman–Crippen MR) is 59.8 cm³/mol. The quantitative estimate of drug-likeness (QED) is 0.545. The Morgan fingerprint density at radius 2 is 1.31 bits per heavy atom. The van der Waals surface area contributed by atoms with Crippen LogP contribution in [0.4, 0.5) is 8.78 Å². The van der Waals surface area contributed by atoms with E-state index in [2.05, 4.69) is 0 Å². The van der Waals surface area contributed by atoms with Crippen LogP contribution in [0.2, 0.25) is 0 Å². The molecular weight excluding hydrogens is 214 g/mol. The summed E-state index contributed by atoms with van der Waals surface area (Å²) in [6.45, 7) is 0. The second-order valence-electron chi connectivity index (χ2n) is 4.15. The topological polar surface area (TPSA) is 37.3 Å². The van der Waals surface area contributed by atoms with E-state index in [-0.39, 0.29) is 12.8 Å². The van der Waals surface area contributed by atoms with Gasteiger partial charge in [-0.25, -0.2) is 8.78 Å². The van der Waals surface area contributed by atoms with Crippen molar-refractivity contribution in [1.29, 1.82) is 0 Å². The van der Waals surface area contributed by atoms with Crippen LogP contribution in [-0.4, -0.2) is 17.5 Å². The lowest BCUT2D eigenvalue weighted by molar-refractivity contribution is -0.137. The van der Waals surface area contributed by atoms with Gasteiger partial charge in [-0.15, -0.1) is 0 Å². The SMILES string of the molecule is O=C(O)CCCCCCCCCCC(F)F. The fourth-order valence-corrected chi connectivity index (χ4v) is 1.64. The molecule has 0 fully saturated rings. The standard InChI is InChI=1S/C12H22F2O2/c13-11(14)9-7-5-3-1-2-4-6-8-10-12(15)16/h11H,1-10H2,(H,15,16). The van der Waals surface area contributed by atoms with Crippen molar-refractivity contribution in [1.82, 2.24) is 0 Å². The van der Waals surface area contributed by atoms with Crippen LogP contribution in [0.1, 0.15) is 64.2 Å². The van der Waals surface area contributed by atoms with E-state index in [4.69, 9.17) is 5.11 Å². The first-order valence-corrected chi connectivity index (χ1v) is 6.13. The second kappa shape index (κ2) is 10.8. The van der Waals surface area contributed by atoms with Gasteiger partial charge in [-0.2, -0.15) is 0 Å². The Labute approximate surface area is 96.0 Å². The number of alkyl halides is 2. The fraction of sp³-hybridized carbons (Fsp3) is 0.917. The zero-order valence-electron chi connectivity index (χ0n) is 9.76. The van der Waals surface area contributed by atoms with Crippen molar-refractivity contribution in [2.24, 2.45) is 0 Å². The monoisotopic (exact) mass is 236 g/mol. The van der Waals surface area contributed by atoms with Crippen LogP contribution in [0.25, 0.3) is 0 Å². The number of rotatable bonds is 11. The average Bonchev–Trinajstić information content (AvgIpc) is 2.20. The Kier molecular flexibility index (Phi) is 10.4. The van der Waals surface area contributed by atoms with Gasteiger partial charge in [0.25, 0.3) is 0 Å². The number of aliphatic carboxylic acids is 1. The molecule has 0 aliphatic carbocycles. The van der Waals surface area contributed by atoms with E-state index < -0.39 is 12.4 Å². The van der Waals surface area contributed by atoms with Gasteiger partial charge < -0.3 is 5.11 Å². The summed E-state index contributed by atoms with van der Waals surface area (Å²) in [4.78, 5) is 10.2. The van der Waals surface area contributed by atoms with Gasteiger partial charge >= 0.3 is 5.97 Å². The summed E-state index contributed by atoms with van der Waals surface area (Å²) < 4.78 is 23.5. The van der Waals surface area contributed by atoms with E-state index in [1.165, 1.54) is 0 Å². The van der Waals surface area contributed by atoms with E-state index in [0.29, 0.717) is 6.42 Å². The number of carbonyl (C=O) groups is 1. The molecule has 0 aromatic heterocycles. The highest BCUT2D eigenvalue weighted by molar-refractivity contribution is 5.66. The molecule has 0 spiro atoms. The third-order valence-corrected chi connectivity index (χ3v) is 2.56. The molecule has 16 heavy (non-hydrogen) atoms. The van der Waals surface area contributed by atoms with Crippen molar-refractivity contribution >= 4 is 5.97 Å². The molecule has 0 aromatic rings. The fourth-order valence-electron chi connectivity index (χ4n) is 1.64. The molecule has 0 rings (SSSR count). The smallest absolute Gasteiger partial charge is 0.303 e. The van der Waals surface area contributed by atoms with Crippen molar-refractivity contribution in [3.05, 3.63) is 0 Å². The molecule has 0 unspecified atom stereocenters. The Bertz CT molecular complexity index is 172. The highest BCUT2D eigenvalue weighted by Gasteiger charge is 2.01. The number of halogens is 2. The van der Waals surface area contributed by atoms with E-state index in [0.717, 1.165) is 44.9 Å². The molecule has 0 heterocycles. The second-order valence-corrected chi connectivity index (χ2v) is 4.15. The Morgan fingerprint density at radius 3 is 1.75 bits per heavy atom. The summed E-state index contributed by atoms with van der Waals surface area (Å²) in [5.74, 6) is -0.730. The summed E-state index contributed by atoms with van der Waals surface area (Å²) in [5.41, 5.74) is 0. The molecule has 0 amide bonds. The summed E-state index contributed by atoms with van der Waals surface area (Å²) in [6, 6.07) is 0. The molecule has 0 aliphatic heterocycles. The van der Waals surface area contributed by atoms with Gasteiger partial charge in [0.05, 0.1) is 0 Å². The number of carboxylic acid groups (broad SMARTS) is 1. The van der Waals surface area contributed by atoms with Crippen LogP contribution >= 0.6 is 0 Å². The van der Waals surface area contributed by atoms with Crippen molar-refractivity contribution < 1.29 is 18.7 Å². The number of hydrogen-bond acceptors (Lipinski definition) is 1. The Morgan fingerprint density at radius 1 is 0.875 bits per heavy atom. The van der Waals surface area contributed by atoms with E-state index in [9.17, 15) is 13.6 Å². The Hall–Kier alpha value is -0.670. The molecule has 0 bridgehead atoms. The van der Waals surface area contributed by atoms with Gasteiger partial charge in [-0.3, -0.25) is 4.79 Å². The van der Waals surface area contributed by atoms with E-state index in [1.54, 1.807) is 0 Å². The van der Waals surface area contributed by atoms with Crippen LogP contribution in [0, 0.1) is 0 Å². The maximum absolute atomic E-state index is 11.8. The van der Waals surface area contributed by atoms with E-state index in [1.807, 2.05) is 0 Å². The van der Waals surface area contributed by atoms with Gasteiger partial charge in [0.2, 0.25) is 6.43 Å². The molecule has 96 valence electrons. The summed E-state index contributed by atoms with van der Waals surface area (Å²) in [7, 11) is 0. The molecule has 0 saturated carbocycles. The molecule has 0 radical (unpaired) electrons. The highest BCUT2D eigenvalue weighted by Crippen LogP contribution is 2.12. The van der Waals surface area contributed by atoms with E-state index >= 15 is 0 Å². The minimum absolute atomic E-state index is 0.0264. The number of hydrogen-bond donors (Lipinski definition) is 1. The molecule has 2 nitrogen and oxygen atoms in total. The lowest BCUT2D eigenvalue weighted by atomic mass is 10.1. The van der Waals surface area contributed by atoms with Crippen molar-refractivity contribution in [3.8, 4) is 0 Å². The van der Waals surface area contributed by atoms with Gasteiger partial charge in [-0.05, 0) is 12.8 Å². The molecule has 1 N–H and O–H groups in total. The van der Waals surface area contributed by atoms with Crippen LogP contribution < -0.4 is 0 Å². The first-order chi connectivity index (χ1) is 7.63. The number of unbranched alkanes of at least 4 members (excludes halogenated alkanes) is 7. The van der Waals surface area contributed by atoms with Crippen LogP contribution in [-0.2, 0) is 4.79 Å². The molecule has 0 saturated heterocycles. The maximum Gasteiger partial charge on any atom is 0.303 e. The molecular formula is C12H22F2O2. The van der Waals surface area contributed by atoms with Crippen LogP contribution in [0.15, 0.2) is 0 Å². The largest absolute Gasteiger partial charge is 0.481 e. The molecule has 0 aromatic carbocycles. The third-order valence-electron chi connectivity index (χ3n) is 2.56. The lowest BCUT2D eigenvalue weighted by Crippen LogP contribution is -1.93. The normalized spacial score (nSPS) is 10.9. The minimum atomic E-state index is -2.16. The Balaban J connectivity index is 2.96. The first kappa shape index (κ1) is 15.3. The van der Waals surface area contributed by atoms with Crippen LogP contribution in [0.3, 0.4) is 0 Å². The number of carboxylic acids is 1. The average molecular weight is 236 g/mol. The molecule has 0 atom stereocenters. The van der Waals surface area contributed by atoms with Crippen molar-refractivity contribution in [2.45, 2.75) is 70.6 Å². The van der Waals surface area contributed by atoms with Gasteiger partial charge in [-0.1, -0.05) is 38.5 Å². The molecule has 0 aliphatic rings. The predicted octanol–water partition coefficient (Wildman–Crippen LogP) is 4.24. The maximum atomic E-state index is 11.8. The van der Waals surface area contributed by atoms with Crippen LogP contribution in [0.5, 0.6) is 0 Å². The summed E-state index contributed by atoms with van der Waals surface area (Å²) >= 11 is 0. The molecule has 4 heteroatoms. The first-order valence-electron chi connectivity index (χ1n) is 6.13. The summed E-state index contributed by atoms with van der Waals surface area (Å²) in [5, 5.41) is 8.40. The van der Waals surface area contributed by atoms with Gasteiger partial charge in [0.1, 0.15) is 0 Å². The third kappa shape index (κ3) is 13.3. The zero-order valence-corrected chi connectivity index (χ0v) is 9.76. The van der Waals surface area contributed by atoms with Crippen molar-refractivity contribution in [2.75, 3.05) is 0 Å². The van der Waals surface area contributed by atoms with Crippen molar-refractivity contribution in [3.63, 3.8) is 0 Å². The highest BCUT2D eigenvalue weighted by atomic mass is 19.3. The van der Waals surface area contributed by atoms with Gasteiger partial charge in [0.15, 0.2) is 0 Å². The lowest BCUT2D eigenvalue weighted by Gasteiger charge is -2.01.